The zero-order valence-electron chi connectivity index (χ0n) is 16.7. The average Bonchev–Trinajstić information content (AvgIpc) is 3.24. The number of aromatic nitrogens is 2. The largest absolute Gasteiger partial charge is 0.380 e. The van der Waals surface area contributed by atoms with E-state index in [-0.39, 0.29) is 11.8 Å². The van der Waals surface area contributed by atoms with Gasteiger partial charge in [-0.1, -0.05) is 18.2 Å². The maximum atomic E-state index is 12.9. The molecule has 30 heavy (non-hydrogen) atoms. The number of amides is 2. The molecule has 7 nitrogen and oxygen atoms in total. The Morgan fingerprint density at radius 3 is 2.27 bits per heavy atom. The Balaban J connectivity index is 1.24. The molecule has 0 unspecified atom stereocenters. The van der Waals surface area contributed by atoms with Crippen LogP contribution in [0.25, 0.3) is 22.2 Å². The van der Waals surface area contributed by atoms with Crippen LogP contribution in [-0.4, -0.2) is 68.5 Å². The van der Waals surface area contributed by atoms with Gasteiger partial charge in [0.15, 0.2) is 0 Å². The number of piperazine rings is 1. The first-order valence-corrected chi connectivity index (χ1v) is 10.4. The summed E-state index contributed by atoms with van der Waals surface area (Å²) in [6.07, 6.45) is 3.66. The van der Waals surface area contributed by atoms with Gasteiger partial charge in [-0.25, -0.2) is 4.98 Å². The second-order valence-electron chi connectivity index (χ2n) is 8.18. The fourth-order valence-electron chi connectivity index (χ4n) is 4.24. The lowest BCUT2D eigenvalue weighted by atomic mass is 9.79. The normalized spacial score (nSPS) is 18.3. The Morgan fingerprint density at radius 2 is 1.60 bits per heavy atom. The summed E-state index contributed by atoms with van der Waals surface area (Å²) < 4.78 is 0. The lowest BCUT2D eigenvalue weighted by molar-refractivity contribution is -0.161. The quantitative estimate of drug-likeness (QED) is 0.702. The van der Waals surface area contributed by atoms with Crippen molar-refractivity contribution in [2.45, 2.75) is 24.9 Å². The molecule has 5 rings (SSSR count). The SMILES string of the molecule is O=C(c1ccc(-c2ccc3nc[nH]c3c2)cc1)N1CCN(C(=O)C2(O)CCC2)CC1. The molecule has 0 spiro atoms. The summed E-state index contributed by atoms with van der Waals surface area (Å²) in [6, 6.07) is 13.7. The maximum Gasteiger partial charge on any atom is 0.254 e. The second kappa shape index (κ2) is 7.25. The Bertz CT molecular complexity index is 1090. The van der Waals surface area contributed by atoms with E-state index in [0.29, 0.717) is 44.6 Å². The van der Waals surface area contributed by atoms with Gasteiger partial charge in [0, 0.05) is 31.7 Å². The number of benzene rings is 2. The van der Waals surface area contributed by atoms with Gasteiger partial charge >= 0.3 is 0 Å². The Kier molecular flexibility index (Phi) is 4.55. The molecule has 154 valence electrons. The van der Waals surface area contributed by atoms with Gasteiger partial charge in [0.1, 0.15) is 5.60 Å². The van der Waals surface area contributed by atoms with Crippen LogP contribution < -0.4 is 0 Å². The smallest absolute Gasteiger partial charge is 0.254 e. The molecule has 7 heteroatoms. The minimum absolute atomic E-state index is 0.0278. The number of imidazole rings is 1. The maximum absolute atomic E-state index is 12.9. The van der Waals surface area contributed by atoms with Crippen molar-refractivity contribution in [3.05, 3.63) is 54.4 Å². The number of aromatic amines is 1. The summed E-state index contributed by atoms with van der Waals surface area (Å²) in [4.78, 5) is 36.2. The van der Waals surface area contributed by atoms with Gasteiger partial charge in [-0.15, -0.1) is 0 Å². The van der Waals surface area contributed by atoms with E-state index in [0.717, 1.165) is 28.6 Å². The molecule has 0 atom stereocenters. The van der Waals surface area contributed by atoms with Gasteiger partial charge in [-0.3, -0.25) is 9.59 Å². The fraction of sp³-hybridized carbons (Fsp3) is 0.348. The van der Waals surface area contributed by atoms with E-state index in [4.69, 9.17) is 0 Å². The highest BCUT2D eigenvalue weighted by Crippen LogP contribution is 2.33. The summed E-state index contributed by atoms with van der Waals surface area (Å²) in [5.74, 6) is -0.209. The van der Waals surface area contributed by atoms with E-state index in [1.165, 1.54) is 0 Å². The number of H-pyrrole nitrogens is 1. The van der Waals surface area contributed by atoms with Crippen molar-refractivity contribution in [3.8, 4) is 11.1 Å². The summed E-state index contributed by atoms with van der Waals surface area (Å²) in [5.41, 5.74) is 3.47. The minimum atomic E-state index is -1.17. The molecule has 2 heterocycles. The van der Waals surface area contributed by atoms with Crippen LogP contribution in [0.2, 0.25) is 0 Å². The lowest BCUT2D eigenvalue weighted by Gasteiger charge is -2.42. The number of nitrogens with one attached hydrogen (secondary N) is 1. The van der Waals surface area contributed by atoms with Crippen molar-refractivity contribution >= 4 is 22.8 Å². The van der Waals surface area contributed by atoms with Crippen LogP contribution in [0.4, 0.5) is 0 Å². The summed E-state index contributed by atoms with van der Waals surface area (Å²) >= 11 is 0. The number of hydrogen-bond acceptors (Lipinski definition) is 4. The molecular formula is C23H24N4O3. The van der Waals surface area contributed by atoms with Crippen molar-refractivity contribution in [1.29, 1.82) is 0 Å². The molecule has 1 aliphatic heterocycles. The van der Waals surface area contributed by atoms with Crippen molar-refractivity contribution in [3.63, 3.8) is 0 Å². The number of carbonyl (C=O) groups excluding carboxylic acids is 2. The van der Waals surface area contributed by atoms with Crippen LogP contribution in [0.1, 0.15) is 29.6 Å². The van der Waals surface area contributed by atoms with Crippen molar-refractivity contribution in [2.75, 3.05) is 26.2 Å². The van der Waals surface area contributed by atoms with E-state index >= 15 is 0 Å². The summed E-state index contributed by atoms with van der Waals surface area (Å²) in [7, 11) is 0. The van der Waals surface area contributed by atoms with Crippen molar-refractivity contribution in [2.24, 2.45) is 0 Å². The number of fused-ring (bicyclic) bond motifs is 1. The molecule has 3 aromatic rings. The molecule has 2 aliphatic rings. The van der Waals surface area contributed by atoms with Gasteiger partial charge in [-0.2, -0.15) is 0 Å². The lowest BCUT2D eigenvalue weighted by Crippen LogP contribution is -2.58. The minimum Gasteiger partial charge on any atom is -0.380 e. The first-order chi connectivity index (χ1) is 14.5. The van der Waals surface area contributed by atoms with Crippen molar-refractivity contribution < 1.29 is 14.7 Å². The predicted octanol–water partition coefficient (Wildman–Crippen LogP) is 2.43. The van der Waals surface area contributed by atoms with Gasteiger partial charge < -0.3 is 19.9 Å². The van der Waals surface area contributed by atoms with E-state index < -0.39 is 5.60 Å². The van der Waals surface area contributed by atoms with Gasteiger partial charge in [0.25, 0.3) is 11.8 Å². The number of rotatable bonds is 3. The molecule has 1 aliphatic carbocycles. The van der Waals surface area contributed by atoms with E-state index in [1.807, 2.05) is 42.5 Å². The highest BCUT2D eigenvalue weighted by molar-refractivity contribution is 5.95. The van der Waals surface area contributed by atoms with E-state index in [2.05, 4.69) is 9.97 Å². The number of hydrogen-bond donors (Lipinski definition) is 2. The molecule has 2 N–H and O–H groups in total. The van der Waals surface area contributed by atoms with Gasteiger partial charge in [0.05, 0.1) is 17.4 Å². The number of nitrogens with zero attached hydrogens (tertiary/aromatic N) is 3. The second-order valence-corrected chi connectivity index (χ2v) is 8.18. The summed E-state index contributed by atoms with van der Waals surface area (Å²) in [5, 5.41) is 10.3. The monoisotopic (exact) mass is 404 g/mol. The van der Waals surface area contributed by atoms with Crippen LogP contribution in [0.3, 0.4) is 0 Å². The third kappa shape index (κ3) is 3.25. The van der Waals surface area contributed by atoms with Crippen LogP contribution in [0, 0.1) is 0 Å². The van der Waals surface area contributed by atoms with Crippen LogP contribution in [-0.2, 0) is 4.79 Å². The van der Waals surface area contributed by atoms with Crippen LogP contribution in [0.15, 0.2) is 48.8 Å². The summed E-state index contributed by atoms with van der Waals surface area (Å²) in [6.45, 7) is 1.90. The Labute approximate surface area is 174 Å². The molecule has 2 amide bonds. The van der Waals surface area contributed by atoms with Gasteiger partial charge in [0.2, 0.25) is 0 Å². The predicted molar refractivity (Wildman–Crippen MR) is 113 cm³/mol. The Hall–Kier alpha value is -3.19. The first kappa shape index (κ1) is 18.8. The zero-order valence-corrected chi connectivity index (χ0v) is 16.7. The average molecular weight is 404 g/mol. The standard InChI is InChI=1S/C23H24N4O3/c28-21(26-10-12-27(13-11-26)22(29)23(30)8-1-9-23)17-4-2-16(3-5-17)18-6-7-19-20(14-18)25-15-24-19/h2-7,14-15,30H,1,8-13H2,(H,24,25). The molecule has 1 saturated carbocycles. The molecular weight excluding hydrogens is 380 g/mol. The molecule has 1 saturated heterocycles. The molecule has 0 bridgehead atoms. The van der Waals surface area contributed by atoms with E-state index in [9.17, 15) is 14.7 Å². The molecule has 2 fully saturated rings. The molecule has 2 aromatic carbocycles. The topological polar surface area (TPSA) is 89.5 Å². The highest BCUT2D eigenvalue weighted by atomic mass is 16.3. The van der Waals surface area contributed by atoms with E-state index in [1.54, 1.807) is 16.1 Å². The van der Waals surface area contributed by atoms with Crippen molar-refractivity contribution in [1.82, 2.24) is 19.8 Å². The highest BCUT2D eigenvalue weighted by Gasteiger charge is 2.45. The molecule has 0 radical (unpaired) electrons. The molecule has 1 aromatic heterocycles. The fourth-order valence-corrected chi connectivity index (χ4v) is 4.24. The first-order valence-electron chi connectivity index (χ1n) is 10.4. The number of aliphatic hydroxyl groups is 1. The Morgan fingerprint density at radius 1 is 0.933 bits per heavy atom. The zero-order chi connectivity index (χ0) is 20.7. The van der Waals surface area contributed by atoms with Crippen LogP contribution >= 0.6 is 0 Å². The van der Waals surface area contributed by atoms with Crippen LogP contribution in [0.5, 0.6) is 0 Å². The third-order valence-electron chi connectivity index (χ3n) is 6.32. The van der Waals surface area contributed by atoms with Gasteiger partial charge in [-0.05, 0) is 54.7 Å². The number of carbonyl (C=O) groups is 2. The third-order valence-corrected chi connectivity index (χ3v) is 6.32.